The van der Waals surface area contributed by atoms with Gasteiger partial charge in [0.05, 0.1) is 17.2 Å². The van der Waals surface area contributed by atoms with Crippen LogP contribution in [-0.4, -0.2) is 36.1 Å². The Morgan fingerprint density at radius 3 is 2.65 bits per heavy atom. The highest BCUT2D eigenvalue weighted by atomic mass is 32.1. The molecule has 96 valence electrons. The predicted molar refractivity (Wildman–Crippen MR) is 73.4 cm³/mol. The zero-order valence-corrected chi connectivity index (χ0v) is 11.8. The van der Waals surface area contributed by atoms with Crippen molar-refractivity contribution in [1.29, 1.82) is 0 Å². The van der Waals surface area contributed by atoms with E-state index in [4.69, 9.17) is 0 Å². The van der Waals surface area contributed by atoms with Crippen LogP contribution in [0.4, 0.5) is 0 Å². The van der Waals surface area contributed by atoms with Gasteiger partial charge in [-0.05, 0) is 46.7 Å². The quantitative estimate of drug-likeness (QED) is 0.894. The van der Waals surface area contributed by atoms with E-state index in [-0.39, 0.29) is 0 Å². The summed E-state index contributed by atoms with van der Waals surface area (Å²) in [5.41, 5.74) is 3.14. The molecule has 0 bridgehead atoms. The summed E-state index contributed by atoms with van der Waals surface area (Å²) in [6.45, 7) is 2.26. The molecule has 0 aromatic carbocycles. The average Bonchev–Trinajstić information content (AvgIpc) is 2.91. The Bertz CT molecular complexity index is 317. The lowest BCUT2D eigenvalue weighted by Gasteiger charge is -2.37. The number of aromatic nitrogens is 1. The van der Waals surface area contributed by atoms with Crippen LogP contribution in [-0.2, 0) is 0 Å². The monoisotopic (exact) mass is 253 g/mol. The van der Waals surface area contributed by atoms with E-state index in [1.165, 1.54) is 31.4 Å². The van der Waals surface area contributed by atoms with E-state index in [0.717, 1.165) is 12.1 Å². The first-order chi connectivity index (χ1) is 8.22. The number of nitrogens with zero attached hydrogens (tertiary/aromatic N) is 2. The lowest BCUT2D eigenvalue weighted by atomic mass is 9.90. The van der Waals surface area contributed by atoms with Crippen LogP contribution in [0.15, 0.2) is 10.9 Å². The highest BCUT2D eigenvalue weighted by molar-refractivity contribution is 7.07. The molecule has 1 aromatic heterocycles. The summed E-state index contributed by atoms with van der Waals surface area (Å²) in [7, 11) is 4.32. The van der Waals surface area contributed by atoms with Crippen LogP contribution in [0.25, 0.3) is 0 Å². The Kier molecular flexibility index (Phi) is 4.54. The fourth-order valence-corrected chi connectivity index (χ4v) is 3.37. The molecule has 1 atom stereocenters. The maximum absolute atomic E-state index is 4.43. The van der Waals surface area contributed by atoms with E-state index in [1.807, 2.05) is 5.51 Å². The van der Waals surface area contributed by atoms with Crippen LogP contribution in [0.3, 0.4) is 0 Å². The molecule has 1 N–H and O–H groups in total. The molecule has 1 heterocycles. The number of thiazole rings is 1. The third-order valence-electron chi connectivity index (χ3n) is 4.17. The van der Waals surface area contributed by atoms with Crippen molar-refractivity contribution >= 4 is 11.3 Å². The van der Waals surface area contributed by atoms with Gasteiger partial charge >= 0.3 is 0 Å². The third-order valence-corrected chi connectivity index (χ3v) is 4.78. The van der Waals surface area contributed by atoms with Gasteiger partial charge in [0.1, 0.15) is 0 Å². The van der Waals surface area contributed by atoms with Crippen LogP contribution in [0.5, 0.6) is 0 Å². The number of hydrogen-bond acceptors (Lipinski definition) is 4. The highest BCUT2D eigenvalue weighted by Gasteiger charge is 2.26. The van der Waals surface area contributed by atoms with E-state index >= 15 is 0 Å². The summed E-state index contributed by atoms with van der Waals surface area (Å²) in [6.07, 6.45) is 5.21. The van der Waals surface area contributed by atoms with Gasteiger partial charge in [-0.2, -0.15) is 0 Å². The van der Waals surface area contributed by atoms with Crippen molar-refractivity contribution in [2.24, 2.45) is 0 Å². The molecular formula is C13H23N3S. The van der Waals surface area contributed by atoms with Gasteiger partial charge in [0.2, 0.25) is 0 Å². The minimum Gasteiger partial charge on any atom is -0.317 e. The van der Waals surface area contributed by atoms with Crippen molar-refractivity contribution in [3.05, 3.63) is 16.6 Å². The van der Waals surface area contributed by atoms with Crippen molar-refractivity contribution in [2.45, 2.75) is 50.7 Å². The molecule has 1 aliphatic rings. The molecule has 2 rings (SSSR count). The van der Waals surface area contributed by atoms with Gasteiger partial charge in [0.25, 0.3) is 0 Å². The maximum atomic E-state index is 4.43. The van der Waals surface area contributed by atoms with Crippen molar-refractivity contribution < 1.29 is 0 Å². The van der Waals surface area contributed by atoms with Gasteiger partial charge in [-0.25, -0.2) is 4.98 Å². The third kappa shape index (κ3) is 3.06. The molecule has 1 aromatic rings. The van der Waals surface area contributed by atoms with E-state index in [2.05, 4.69) is 41.6 Å². The van der Waals surface area contributed by atoms with Gasteiger partial charge in [0.15, 0.2) is 0 Å². The normalized spacial score (nSPS) is 27.3. The van der Waals surface area contributed by atoms with E-state index < -0.39 is 0 Å². The summed E-state index contributed by atoms with van der Waals surface area (Å²) in [5, 5.41) is 5.56. The minimum atomic E-state index is 0.442. The largest absolute Gasteiger partial charge is 0.317 e. The van der Waals surface area contributed by atoms with Gasteiger partial charge in [-0.3, -0.25) is 4.90 Å². The molecular weight excluding hydrogens is 230 g/mol. The highest BCUT2D eigenvalue weighted by Crippen LogP contribution is 2.28. The number of hydrogen-bond donors (Lipinski definition) is 1. The Hall–Kier alpha value is -0.450. The molecule has 4 heteroatoms. The van der Waals surface area contributed by atoms with E-state index in [1.54, 1.807) is 11.3 Å². The Morgan fingerprint density at radius 1 is 1.41 bits per heavy atom. The first-order valence-electron chi connectivity index (χ1n) is 6.49. The second kappa shape index (κ2) is 5.94. The van der Waals surface area contributed by atoms with E-state index in [9.17, 15) is 0 Å². The second-order valence-electron chi connectivity index (χ2n) is 5.05. The molecule has 0 radical (unpaired) electrons. The first-order valence-corrected chi connectivity index (χ1v) is 7.44. The van der Waals surface area contributed by atoms with Gasteiger partial charge in [-0.1, -0.05) is 0 Å². The lowest BCUT2D eigenvalue weighted by Crippen LogP contribution is -2.40. The topological polar surface area (TPSA) is 28.2 Å². The fourth-order valence-electron chi connectivity index (χ4n) is 2.72. The smallest absolute Gasteiger partial charge is 0.0795 e. The van der Waals surface area contributed by atoms with Crippen LogP contribution < -0.4 is 5.32 Å². The molecule has 3 nitrogen and oxygen atoms in total. The first kappa shape index (κ1) is 13.0. The van der Waals surface area contributed by atoms with E-state index in [0.29, 0.717) is 6.04 Å². The van der Waals surface area contributed by atoms with Crippen molar-refractivity contribution in [2.75, 3.05) is 14.1 Å². The standard InChI is InChI=1S/C13H23N3S/c1-10(13-8-17-9-15-13)16(3)12-6-4-11(14-2)5-7-12/h8-12,14H,4-7H2,1-3H3. The van der Waals surface area contributed by atoms with Crippen LogP contribution in [0, 0.1) is 0 Å². The molecule has 0 spiro atoms. The Labute approximate surface area is 108 Å². The van der Waals surface area contributed by atoms with Crippen LogP contribution in [0.2, 0.25) is 0 Å². The molecule has 17 heavy (non-hydrogen) atoms. The predicted octanol–water partition coefficient (Wildman–Crippen LogP) is 2.67. The molecule has 1 saturated carbocycles. The van der Waals surface area contributed by atoms with Crippen LogP contribution in [0.1, 0.15) is 44.3 Å². The van der Waals surface area contributed by atoms with Gasteiger partial charge in [0, 0.05) is 17.5 Å². The second-order valence-corrected chi connectivity index (χ2v) is 5.77. The zero-order valence-electron chi connectivity index (χ0n) is 11.0. The average molecular weight is 253 g/mol. The fraction of sp³-hybridized carbons (Fsp3) is 0.769. The lowest BCUT2D eigenvalue weighted by molar-refractivity contribution is 0.134. The maximum Gasteiger partial charge on any atom is 0.0795 e. The Morgan fingerprint density at radius 2 is 2.12 bits per heavy atom. The minimum absolute atomic E-state index is 0.442. The molecule has 1 fully saturated rings. The summed E-state index contributed by atoms with van der Waals surface area (Å²) >= 11 is 1.69. The summed E-state index contributed by atoms with van der Waals surface area (Å²) < 4.78 is 0. The van der Waals surface area contributed by atoms with Gasteiger partial charge in [-0.15, -0.1) is 11.3 Å². The van der Waals surface area contributed by atoms with Crippen molar-refractivity contribution in [3.8, 4) is 0 Å². The summed E-state index contributed by atoms with van der Waals surface area (Å²) in [4.78, 5) is 6.93. The molecule has 0 amide bonds. The molecule has 0 saturated heterocycles. The molecule has 1 aliphatic carbocycles. The van der Waals surface area contributed by atoms with Crippen LogP contribution >= 0.6 is 11.3 Å². The Balaban J connectivity index is 1.90. The number of rotatable bonds is 4. The van der Waals surface area contributed by atoms with Crippen molar-refractivity contribution in [1.82, 2.24) is 15.2 Å². The SMILES string of the molecule is CNC1CCC(N(C)C(C)c2cscn2)CC1. The molecule has 1 unspecified atom stereocenters. The summed E-state index contributed by atoms with van der Waals surface area (Å²) in [5.74, 6) is 0. The van der Waals surface area contributed by atoms with Gasteiger partial charge < -0.3 is 5.32 Å². The zero-order chi connectivity index (χ0) is 12.3. The molecule has 0 aliphatic heterocycles. The summed E-state index contributed by atoms with van der Waals surface area (Å²) in [6, 6.07) is 1.89. The van der Waals surface area contributed by atoms with Crippen molar-refractivity contribution in [3.63, 3.8) is 0 Å². The number of nitrogens with one attached hydrogen (secondary N) is 1.